The van der Waals surface area contributed by atoms with Crippen molar-refractivity contribution in [2.75, 3.05) is 14.2 Å². The maximum absolute atomic E-state index is 5.33. The molecule has 1 aliphatic carbocycles. The zero-order chi connectivity index (χ0) is 24.0. The summed E-state index contributed by atoms with van der Waals surface area (Å²) in [7, 11) is 3.47. The lowest BCUT2D eigenvalue weighted by Crippen LogP contribution is -1.93. The number of hydrogen-bond donors (Lipinski definition) is 0. The third-order valence-electron chi connectivity index (χ3n) is 6.56. The van der Waals surface area contributed by atoms with Gasteiger partial charge >= 0.3 is 0 Å². The molecule has 0 heterocycles. The molecule has 0 aromatic heterocycles. The Morgan fingerprint density at radius 3 is 1.17 bits per heavy atom. The van der Waals surface area contributed by atoms with E-state index >= 15 is 0 Å². The van der Waals surface area contributed by atoms with Crippen molar-refractivity contribution in [3.8, 4) is 0 Å². The van der Waals surface area contributed by atoms with E-state index in [2.05, 4.69) is 109 Å². The highest BCUT2D eigenvalue weighted by Gasteiger charge is 2.28. The smallest absolute Gasteiger partial charge is 0.0713 e. The molecule has 0 amide bonds. The molecule has 0 unspecified atom stereocenters. The summed E-state index contributed by atoms with van der Waals surface area (Å²) in [5.74, 6) is 0. The van der Waals surface area contributed by atoms with Gasteiger partial charge in [0.2, 0.25) is 0 Å². The Morgan fingerprint density at radius 1 is 0.457 bits per heavy atom. The topological polar surface area (TPSA) is 18.5 Å². The third-order valence-corrected chi connectivity index (χ3v) is 6.56. The van der Waals surface area contributed by atoms with Crippen LogP contribution in [0.5, 0.6) is 0 Å². The van der Waals surface area contributed by atoms with Crippen LogP contribution in [0.1, 0.15) is 39.8 Å². The Bertz CT molecular complexity index is 1220. The molecule has 2 heteroatoms. The van der Waals surface area contributed by atoms with Crippen LogP contribution in [0.25, 0.3) is 22.3 Å². The highest BCUT2D eigenvalue weighted by molar-refractivity contribution is 6.27. The van der Waals surface area contributed by atoms with Crippen LogP contribution in [0, 0.1) is 0 Å². The van der Waals surface area contributed by atoms with E-state index in [0.29, 0.717) is 13.2 Å². The Balaban J connectivity index is 1.70. The fourth-order valence-corrected chi connectivity index (χ4v) is 4.93. The van der Waals surface area contributed by atoms with Gasteiger partial charge in [0.25, 0.3) is 0 Å². The highest BCUT2D eigenvalue weighted by Crippen LogP contribution is 2.51. The predicted molar refractivity (Wildman–Crippen MR) is 145 cm³/mol. The van der Waals surface area contributed by atoms with Crippen molar-refractivity contribution in [1.29, 1.82) is 0 Å². The van der Waals surface area contributed by atoms with Crippen LogP contribution in [0.4, 0.5) is 0 Å². The summed E-state index contributed by atoms with van der Waals surface area (Å²) < 4.78 is 10.7. The van der Waals surface area contributed by atoms with Crippen molar-refractivity contribution in [2.45, 2.75) is 19.6 Å². The quantitative estimate of drug-likeness (QED) is 0.267. The van der Waals surface area contributed by atoms with Gasteiger partial charge in [-0.1, -0.05) is 109 Å². The van der Waals surface area contributed by atoms with Crippen LogP contribution in [0.3, 0.4) is 0 Å². The summed E-state index contributed by atoms with van der Waals surface area (Å²) in [4.78, 5) is 0. The first kappa shape index (κ1) is 23.0. The molecule has 0 atom stereocenters. The molecule has 0 spiro atoms. The fourth-order valence-electron chi connectivity index (χ4n) is 4.93. The van der Waals surface area contributed by atoms with Crippen LogP contribution in [0.2, 0.25) is 0 Å². The first-order valence-electron chi connectivity index (χ1n) is 12.0. The molecule has 0 radical (unpaired) electrons. The summed E-state index contributed by atoms with van der Waals surface area (Å²) in [6.45, 7) is 1.24. The molecule has 0 saturated carbocycles. The molecule has 5 rings (SSSR count). The molecular weight excluding hydrogens is 428 g/mol. The molecule has 35 heavy (non-hydrogen) atoms. The minimum atomic E-state index is 0.622. The van der Waals surface area contributed by atoms with E-state index in [0.717, 1.165) is 6.42 Å². The van der Waals surface area contributed by atoms with Crippen molar-refractivity contribution in [1.82, 2.24) is 0 Å². The van der Waals surface area contributed by atoms with E-state index in [-0.39, 0.29) is 0 Å². The Labute approximate surface area is 208 Å². The fraction of sp³-hybridized carbons (Fsp3) is 0.152. The summed E-state index contributed by atoms with van der Waals surface area (Å²) in [5, 5.41) is 0. The second-order valence-electron chi connectivity index (χ2n) is 8.88. The summed E-state index contributed by atoms with van der Waals surface area (Å²) in [6, 6.07) is 39.2. The molecular formula is C33H30O2. The van der Waals surface area contributed by atoms with Gasteiger partial charge in [0.05, 0.1) is 13.2 Å². The molecule has 174 valence electrons. The average Bonchev–Trinajstić information content (AvgIpc) is 3.32. The van der Waals surface area contributed by atoms with Crippen LogP contribution in [-0.2, 0) is 22.7 Å². The van der Waals surface area contributed by atoms with Gasteiger partial charge in [0, 0.05) is 14.2 Å². The van der Waals surface area contributed by atoms with Crippen LogP contribution >= 0.6 is 0 Å². The van der Waals surface area contributed by atoms with Crippen molar-refractivity contribution in [3.63, 3.8) is 0 Å². The van der Waals surface area contributed by atoms with Crippen LogP contribution in [0.15, 0.2) is 109 Å². The van der Waals surface area contributed by atoms with Crippen LogP contribution in [-0.4, -0.2) is 14.2 Å². The van der Waals surface area contributed by atoms with Crippen LogP contribution < -0.4 is 0 Å². The van der Waals surface area contributed by atoms with E-state index in [1.165, 1.54) is 55.7 Å². The number of hydrogen-bond acceptors (Lipinski definition) is 2. The van der Waals surface area contributed by atoms with Gasteiger partial charge < -0.3 is 9.47 Å². The number of ether oxygens (including phenoxy) is 2. The van der Waals surface area contributed by atoms with Crippen molar-refractivity contribution in [3.05, 3.63) is 143 Å². The lowest BCUT2D eigenvalue weighted by atomic mass is 9.89. The molecule has 1 aliphatic rings. The van der Waals surface area contributed by atoms with E-state index < -0.39 is 0 Å². The van der Waals surface area contributed by atoms with Gasteiger partial charge in [0.15, 0.2) is 0 Å². The van der Waals surface area contributed by atoms with Gasteiger partial charge in [-0.05, 0) is 62.1 Å². The molecule has 4 aromatic carbocycles. The van der Waals surface area contributed by atoms with E-state index in [1.54, 1.807) is 14.2 Å². The lowest BCUT2D eigenvalue weighted by molar-refractivity contribution is 0.185. The minimum absolute atomic E-state index is 0.622. The van der Waals surface area contributed by atoms with Crippen molar-refractivity contribution >= 4 is 22.3 Å². The average molecular weight is 459 g/mol. The lowest BCUT2D eigenvalue weighted by Gasteiger charge is -2.15. The number of allylic oxidation sites excluding steroid dienone is 4. The van der Waals surface area contributed by atoms with Gasteiger partial charge in [-0.3, -0.25) is 0 Å². The normalized spacial score (nSPS) is 13.5. The van der Waals surface area contributed by atoms with Crippen molar-refractivity contribution < 1.29 is 9.47 Å². The summed E-state index contributed by atoms with van der Waals surface area (Å²) in [6.07, 6.45) is 0.877. The van der Waals surface area contributed by atoms with E-state index in [4.69, 9.17) is 9.47 Å². The number of benzene rings is 4. The predicted octanol–water partition coefficient (Wildman–Crippen LogP) is 7.90. The van der Waals surface area contributed by atoms with Gasteiger partial charge in [-0.15, -0.1) is 0 Å². The monoisotopic (exact) mass is 458 g/mol. The number of methoxy groups -OCH3 is 2. The number of rotatable bonds is 8. The van der Waals surface area contributed by atoms with Crippen molar-refractivity contribution in [2.24, 2.45) is 0 Å². The van der Waals surface area contributed by atoms with Gasteiger partial charge in [-0.2, -0.15) is 0 Å². The van der Waals surface area contributed by atoms with E-state index in [9.17, 15) is 0 Å². The molecule has 0 N–H and O–H groups in total. The first-order chi connectivity index (χ1) is 17.3. The maximum atomic E-state index is 5.33. The zero-order valence-corrected chi connectivity index (χ0v) is 20.3. The largest absolute Gasteiger partial charge is 0.380 e. The SMILES string of the molecule is COCc1ccc(C2=C(c3ccccc3)C(c3ccccc3)=C(c3ccc(COC)cc3)C2)cc1. The van der Waals surface area contributed by atoms with E-state index in [1.807, 2.05) is 0 Å². The standard InChI is InChI=1S/C33H30O2/c1-34-22-24-13-17-26(18-14-24)30-21-31(27-19-15-25(16-20-27)23-35-2)33(29-11-7-4-8-12-29)32(30)28-9-5-3-6-10-28/h3-20H,21-23H2,1-2H3. The zero-order valence-electron chi connectivity index (χ0n) is 20.3. The first-order valence-corrected chi connectivity index (χ1v) is 12.0. The molecule has 0 saturated heterocycles. The molecule has 0 fully saturated rings. The molecule has 0 aliphatic heterocycles. The second kappa shape index (κ2) is 10.7. The molecule has 0 bridgehead atoms. The summed E-state index contributed by atoms with van der Waals surface area (Å²) >= 11 is 0. The highest BCUT2D eigenvalue weighted by atomic mass is 16.5. The minimum Gasteiger partial charge on any atom is -0.380 e. The molecule has 2 nitrogen and oxygen atoms in total. The molecule has 4 aromatic rings. The van der Waals surface area contributed by atoms with Gasteiger partial charge in [-0.25, -0.2) is 0 Å². The summed E-state index contributed by atoms with van der Waals surface area (Å²) in [5.41, 5.74) is 12.7. The Hall–Kier alpha value is -3.72. The maximum Gasteiger partial charge on any atom is 0.0713 e. The third kappa shape index (κ3) is 4.90. The second-order valence-corrected chi connectivity index (χ2v) is 8.88. The Morgan fingerprint density at radius 2 is 0.829 bits per heavy atom. The Kier molecular flexibility index (Phi) is 7.04. The van der Waals surface area contributed by atoms with Gasteiger partial charge in [0.1, 0.15) is 0 Å².